The maximum absolute atomic E-state index is 10.9. The molecule has 2 aliphatic heterocycles. The van der Waals surface area contributed by atoms with E-state index in [9.17, 15) is 14.4 Å². The summed E-state index contributed by atoms with van der Waals surface area (Å²) in [5, 5.41) is 0. The molecule has 26 heavy (non-hydrogen) atoms. The highest BCUT2D eigenvalue weighted by molar-refractivity contribution is 5.75. The van der Waals surface area contributed by atoms with Crippen LogP contribution in [0.3, 0.4) is 0 Å². The molecule has 2 heterocycles. The normalized spacial score (nSPS) is 25.8. The van der Waals surface area contributed by atoms with Crippen molar-refractivity contribution in [2.24, 2.45) is 0 Å². The first-order valence-corrected chi connectivity index (χ1v) is 8.42. The lowest BCUT2D eigenvalue weighted by Gasteiger charge is -2.15. The van der Waals surface area contributed by atoms with E-state index in [1.54, 1.807) is 13.8 Å². The van der Waals surface area contributed by atoms with Crippen molar-refractivity contribution in [1.82, 2.24) is 0 Å². The van der Waals surface area contributed by atoms with Crippen molar-refractivity contribution in [1.29, 1.82) is 0 Å². The number of hydrogen-bond acceptors (Lipinski definition) is 9. The minimum Gasteiger partial charge on any atom is -0.467 e. The second-order valence-electron chi connectivity index (χ2n) is 5.73. The molecule has 0 aromatic rings. The van der Waals surface area contributed by atoms with Crippen molar-refractivity contribution in [2.75, 3.05) is 27.4 Å². The molecule has 9 heteroatoms. The van der Waals surface area contributed by atoms with E-state index in [4.69, 9.17) is 18.9 Å². The molecule has 2 aliphatic rings. The molecule has 9 nitrogen and oxygen atoms in total. The van der Waals surface area contributed by atoms with Crippen LogP contribution in [0, 0.1) is 0 Å². The van der Waals surface area contributed by atoms with E-state index >= 15 is 0 Å². The molecule has 0 bridgehead atoms. The number of carbonyl (C=O) groups excluding carboxylic acids is 3. The quantitative estimate of drug-likeness (QED) is 0.527. The number of carbonyl (C=O) groups is 3. The Bertz CT molecular complexity index is 436. The topological polar surface area (TPSA) is 107 Å². The molecule has 3 atom stereocenters. The molecule has 3 unspecified atom stereocenters. The van der Waals surface area contributed by atoms with Crippen LogP contribution in [0.1, 0.15) is 40.5 Å². The number of hydrogen-bond donors (Lipinski definition) is 0. The summed E-state index contributed by atoms with van der Waals surface area (Å²) in [6.45, 7) is 7.86. The van der Waals surface area contributed by atoms with Crippen LogP contribution in [0.4, 0.5) is 0 Å². The first kappa shape index (κ1) is 24.5. The monoisotopic (exact) mass is 378 g/mol. The largest absolute Gasteiger partial charge is 0.467 e. The summed E-state index contributed by atoms with van der Waals surface area (Å²) in [7, 11) is 2.67. The molecule has 2 saturated heterocycles. The molecule has 2 rings (SSSR count). The van der Waals surface area contributed by atoms with Crippen molar-refractivity contribution >= 4 is 18.2 Å². The Kier molecular flexibility index (Phi) is 12.0. The van der Waals surface area contributed by atoms with Gasteiger partial charge >= 0.3 is 11.9 Å². The van der Waals surface area contributed by atoms with Gasteiger partial charge in [0, 0.05) is 6.42 Å². The fourth-order valence-electron chi connectivity index (χ4n) is 1.86. The number of esters is 2. The van der Waals surface area contributed by atoms with Crippen LogP contribution in [0.15, 0.2) is 0 Å². The van der Waals surface area contributed by atoms with E-state index in [1.807, 2.05) is 13.8 Å². The SMILES string of the molecule is CCC1OCC(C(=O)OC)O1.CCC=O.COC(=O)C1COC(C)(C)O1. The van der Waals surface area contributed by atoms with Gasteiger partial charge in [-0.1, -0.05) is 13.8 Å². The molecular weight excluding hydrogens is 348 g/mol. The van der Waals surface area contributed by atoms with E-state index in [0.29, 0.717) is 13.0 Å². The number of aldehydes is 1. The van der Waals surface area contributed by atoms with Gasteiger partial charge in [0.15, 0.2) is 24.3 Å². The Hall–Kier alpha value is -1.55. The highest BCUT2D eigenvalue weighted by Crippen LogP contribution is 2.22. The van der Waals surface area contributed by atoms with Gasteiger partial charge in [-0.3, -0.25) is 0 Å². The van der Waals surface area contributed by atoms with Gasteiger partial charge in [-0.2, -0.15) is 0 Å². The summed E-state index contributed by atoms with van der Waals surface area (Å²) in [4.78, 5) is 30.9. The highest BCUT2D eigenvalue weighted by Gasteiger charge is 2.37. The standard InChI is InChI=1S/2C7H12O4.C3H6O/c1-7(2)10-4-5(11-7)6(8)9-3;1-3-6-10-4-5(11-6)7(8)9-2;1-2-3-4/h5H,4H2,1-3H3;5-6H,3-4H2,1-2H3;3H,2H2,1H3. The molecule has 0 N–H and O–H groups in total. The number of methoxy groups -OCH3 is 2. The van der Waals surface area contributed by atoms with E-state index in [0.717, 1.165) is 12.7 Å². The lowest BCUT2D eigenvalue weighted by molar-refractivity contribution is -0.167. The third-order valence-corrected chi connectivity index (χ3v) is 3.19. The van der Waals surface area contributed by atoms with Crippen molar-refractivity contribution < 1.29 is 42.8 Å². The van der Waals surface area contributed by atoms with E-state index in [2.05, 4.69) is 9.47 Å². The van der Waals surface area contributed by atoms with Crippen molar-refractivity contribution in [3.8, 4) is 0 Å². The molecule has 0 spiro atoms. The van der Waals surface area contributed by atoms with Gasteiger partial charge in [0.05, 0.1) is 27.4 Å². The molecule has 0 amide bonds. The lowest BCUT2D eigenvalue weighted by atomic mass is 10.4. The number of rotatable bonds is 4. The maximum Gasteiger partial charge on any atom is 0.337 e. The Balaban J connectivity index is 0.000000401. The predicted molar refractivity (Wildman–Crippen MR) is 90.2 cm³/mol. The Morgan fingerprint density at radius 1 is 1.08 bits per heavy atom. The summed E-state index contributed by atoms with van der Waals surface area (Å²) >= 11 is 0. The Labute approximate surface area is 154 Å². The molecule has 0 aromatic carbocycles. The van der Waals surface area contributed by atoms with Crippen molar-refractivity contribution in [2.45, 2.75) is 64.8 Å². The van der Waals surface area contributed by atoms with Gasteiger partial charge in [-0.05, 0) is 20.3 Å². The van der Waals surface area contributed by atoms with Crippen molar-refractivity contribution in [3.05, 3.63) is 0 Å². The van der Waals surface area contributed by atoms with E-state index < -0.39 is 18.0 Å². The maximum atomic E-state index is 10.9. The lowest BCUT2D eigenvalue weighted by Crippen LogP contribution is -2.27. The van der Waals surface area contributed by atoms with Gasteiger partial charge in [0.1, 0.15) is 6.29 Å². The molecule has 0 saturated carbocycles. The molecule has 2 fully saturated rings. The van der Waals surface area contributed by atoms with Crippen LogP contribution >= 0.6 is 0 Å². The zero-order valence-corrected chi connectivity index (χ0v) is 16.3. The van der Waals surface area contributed by atoms with Crippen LogP contribution < -0.4 is 0 Å². The van der Waals surface area contributed by atoms with Crippen LogP contribution in [0.2, 0.25) is 0 Å². The minimum absolute atomic E-state index is 0.237. The summed E-state index contributed by atoms with van der Waals surface area (Å²) < 4.78 is 29.6. The minimum atomic E-state index is -0.654. The zero-order chi connectivity index (χ0) is 20.2. The average molecular weight is 378 g/mol. The Morgan fingerprint density at radius 3 is 1.96 bits per heavy atom. The van der Waals surface area contributed by atoms with Gasteiger partial charge < -0.3 is 33.2 Å². The molecule has 0 aliphatic carbocycles. The third-order valence-electron chi connectivity index (χ3n) is 3.19. The summed E-state index contributed by atoms with van der Waals surface area (Å²) in [6, 6.07) is 0. The third kappa shape index (κ3) is 9.23. The first-order valence-electron chi connectivity index (χ1n) is 8.42. The average Bonchev–Trinajstić information content (AvgIpc) is 3.27. The predicted octanol–water partition coefficient (Wildman–Crippen LogP) is 1.22. The van der Waals surface area contributed by atoms with Gasteiger partial charge in [-0.15, -0.1) is 0 Å². The second-order valence-corrected chi connectivity index (χ2v) is 5.73. The number of ether oxygens (including phenoxy) is 6. The van der Waals surface area contributed by atoms with Crippen LogP contribution in [0.5, 0.6) is 0 Å². The molecule has 0 aromatic heterocycles. The Morgan fingerprint density at radius 2 is 1.62 bits per heavy atom. The van der Waals surface area contributed by atoms with Gasteiger partial charge in [0.2, 0.25) is 0 Å². The summed E-state index contributed by atoms with van der Waals surface area (Å²) in [5.41, 5.74) is 0. The van der Waals surface area contributed by atoms with Gasteiger partial charge in [-0.25, -0.2) is 9.59 Å². The van der Waals surface area contributed by atoms with E-state index in [-0.39, 0.29) is 24.8 Å². The molecular formula is C17H30O9. The first-order chi connectivity index (χ1) is 12.2. The highest BCUT2D eigenvalue weighted by atomic mass is 16.8. The zero-order valence-electron chi connectivity index (χ0n) is 16.3. The summed E-state index contributed by atoms with van der Waals surface area (Å²) in [5.74, 6) is -1.39. The summed E-state index contributed by atoms with van der Waals surface area (Å²) in [6.07, 6.45) is 0.951. The van der Waals surface area contributed by atoms with Crippen LogP contribution in [0.25, 0.3) is 0 Å². The second kappa shape index (κ2) is 12.7. The fourth-order valence-corrected chi connectivity index (χ4v) is 1.86. The smallest absolute Gasteiger partial charge is 0.337 e. The van der Waals surface area contributed by atoms with Crippen LogP contribution in [-0.2, 0) is 42.8 Å². The van der Waals surface area contributed by atoms with Gasteiger partial charge in [0.25, 0.3) is 0 Å². The molecule has 0 radical (unpaired) electrons. The molecule has 152 valence electrons. The van der Waals surface area contributed by atoms with E-state index in [1.165, 1.54) is 14.2 Å². The van der Waals surface area contributed by atoms with Crippen molar-refractivity contribution in [3.63, 3.8) is 0 Å². The van der Waals surface area contributed by atoms with Crippen LogP contribution in [-0.4, -0.2) is 69.9 Å². The fraction of sp³-hybridized carbons (Fsp3) is 0.824.